The zero-order chi connectivity index (χ0) is 17.8. The van der Waals surface area contributed by atoms with E-state index in [0.717, 1.165) is 16.5 Å². The van der Waals surface area contributed by atoms with E-state index in [9.17, 15) is 14.0 Å². The number of carbonyl (C=O) groups excluding carboxylic acids is 2. The summed E-state index contributed by atoms with van der Waals surface area (Å²) in [6.45, 7) is 2.01. The Labute approximate surface area is 143 Å². The quantitative estimate of drug-likeness (QED) is 0.642. The number of halogens is 1. The minimum atomic E-state index is -0.685. The van der Waals surface area contributed by atoms with Gasteiger partial charge in [-0.25, -0.2) is 4.39 Å². The summed E-state index contributed by atoms with van der Waals surface area (Å²) in [5.74, 6) is -0.863. The van der Waals surface area contributed by atoms with Crippen LogP contribution in [0.5, 0.6) is 0 Å². The molecule has 0 spiro atoms. The summed E-state index contributed by atoms with van der Waals surface area (Å²) in [7, 11) is 0. The van der Waals surface area contributed by atoms with Crippen LogP contribution in [0.25, 0.3) is 10.9 Å². The normalized spacial score (nSPS) is 12.1. The largest absolute Gasteiger partial charge is 0.459 e. The number of hydrogen-bond acceptors (Lipinski definition) is 3. The van der Waals surface area contributed by atoms with Crippen LogP contribution in [-0.2, 0) is 11.2 Å². The fourth-order valence-corrected chi connectivity index (χ4v) is 2.58. The van der Waals surface area contributed by atoms with Crippen LogP contribution >= 0.6 is 0 Å². The molecule has 6 nitrogen and oxygen atoms in total. The highest BCUT2D eigenvalue weighted by atomic mass is 19.1. The number of rotatable bonds is 6. The van der Waals surface area contributed by atoms with Crippen molar-refractivity contribution in [3.05, 3.63) is 59.9 Å². The average molecular weight is 343 g/mol. The molecule has 3 aromatic rings. The van der Waals surface area contributed by atoms with Gasteiger partial charge in [0, 0.05) is 23.6 Å². The van der Waals surface area contributed by atoms with Gasteiger partial charge < -0.3 is 20.0 Å². The van der Waals surface area contributed by atoms with Gasteiger partial charge in [-0.15, -0.1) is 0 Å². The van der Waals surface area contributed by atoms with Crippen LogP contribution in [0.1, 0.15) is 23.0 Å². The van der Waals surface area contributed by atoms with Gasteiger partial charge in [-0.3, -0.25) is 9.59 Å². The SMILES string of the molecule is CC(NC(=O)c1ccco1)C(=O)NCCc1c[nH]c2cc(F)ccc12. The standard InChI is InChI=1S/C18H18FN3O3/c1-11(22-18(24)16-3-2-8-25-16)17(23)20-7-6-12-10-21-15-9-13(19)4-5-14(12)15/h2-5,8-11,21H,6-7H2,1H3,(H,20,23)(H,22,24). The first-order chi connectivity index (χ1) is 12.0. The van der Waals surface area contributed by atoms with Crippen molar-refractivity contribution in [3.8, 4) is 0 Å². The second-order valence-corrected chi connectivity index (χ2v) is 5.72. The molecule has 25 heavy (non-hydrogen) atoms. The lowest BCUT2D eigenvalue weighted by atomic mass is 10.1. The minimum Gasteiger partial charge on any atom is -0.459 e. The van der Waals surface area contributed by atoms with E-state index in [0.29, 0.717) is 13.0 Å². The van der Waals surface area contributed by atoms with Crippen molar-refractivity contribution in [2.24, 2.45) is 0 Å². The Balaban J connectivity index is 1.50. The second kappa shape index (κ2) is 7.21. The highest BCUT2D eigenvalue weighted by molar-refractivity contribution is 5.95. The monoisotopic (exact) mass is 343 g/mol. The average Bonchev–Trinajstić information content (AvgIpc) is 3.24. The van der Waals surface area contributed by atoms with Crippen molar-refractivity contribution in [1.82, 2.24) is 15.6 Å². The zero-order valence-corrected chi connectivity index (χ0v) is 13.6. The van der Waals surface area contributed by atoms with Crippen molar-refractivity contribution in [2.45, 2.75) is 19.4 Å². The van der Waals surface area contributed by atoms with Crippen LogP contribution in [0.15, 0.2) is 47.2 Å². The molecule has 0 fully saturated rings. The fourth-order valence-electron chi connectivity index (χ4n) is 2.58. The van der Waals surface area contributed by atoms with E-state index in [4.69, 9.17) is 4.42 Å². The molecule has 1 atom stereocenters. The number of amides is 2. The first kappa shape index (κ1) is 16.8. The second-order valence-electron chi connectivity index (χ2n) is 5.72. The molecule has 2 heterocycles. The van der Waals surface area contributed by atoms with Crippen LogP contribution in [0, 0.1) is 5.82 Å². The van der Waals surface area contributed by atoms with E-state index in [1.807, 2.05) is 0 Å². The molecule has 2 amide bonds. The maximum atomic E-state index is 13.2. The molecule has 1 aromatic carbocycles. The molecule has 0 aliphatic carbocycles. The molecule has 7 heteroatoms. The molecule has 0 bridgehead atoms. The van der Waals surface area contributed by atoms with Gasteiger partial charge >= 0.3 is 0 Å². The van der Waals surface area contributed by atoms with Gasteiger partial charge in [-0.1, -0.05) is 0 Å². The van der Waals surface area contributed by atoms with Gasteiger partial charge in [0.15, 0.2) is 5.76 Å². The third kappa shape index (κ3) is 3.88. The summed E-state index contributed by atoms with van der Waals surface area (Å²) in [6.07, 6.45) is 3.79. The third-order valence-electron chi connectivity index (χ3n) is 3.91. The summed E-state index contributed by atoms with van der Waals surface area (Å²) in [5, 5.41) is 6.27. The maximum absolute atomic E-state index is 13.2. The van der Waals surface area contributed by atoms with E-state index >= 15 is 0 Å². The number of furan rings is 1. The molecule has 2 aromatic heterocycles. The van der Waals surface area contributed by atoms with E-state index in [-0.39, 0.29) is 17.5 Å². The molecule has 0 saturated carbocycles. The molecular formula is C18H18FN3O3. The Morgan fingerprint density at radius 3 is 2.92 bits per heavy atom. The summed E-state index contributed by atoms with van der Waals surface area (Å²) in [4.78, 5) is 26.9. The van der Waals surface area contributed by atoms with Crippen LogP contribution in [0.4, 0.5) is 4.39 Å². The van der Waals surface area contributed by atoms with Crippen molar-refractivity contribution < 1.29 is 18.4 Å². The van der Waals surface area contributed by atoms with Gasteiger partial charge in [0.05, 0.1) is 6.26 Å². The molecule has 1 unspecified atom stereocenters. The number of hydrogen-bond donors (Lipinski definition) is 3. The molecule has 130 valence electrons. The van der Waals surface area contributed by atoms with Crippen LogP contribution in [0.3, 0.4) is 0 Å². The smallest absolute Gasteiger partial charge is 0.287 e. The lowest BCUT2D eigenvalue weighted by molar-refractivity contribution is -0.122. The lowest BCUT2D eigenvalue weighted by Crippen LogP contribution is -2.45. The molecule has 3 rings (SSSR count). The van der Waals surface area contributed by atoms with Gasteiger partial charge in [0.1, 0.15) is 11.9 Å². The minimum absolute atomic E-state index is 0.158. The Morgan fingerprint density at radius 2 is 2.16 bits per heavy atom. The van der Waals surface area contributed by atoms with Crippen LogP contribution in [-0.4, -0.2) is 29.4 Å². The van der Waals surface area contributed by atoms with Gasteiger partial charge in [-0.2, -0.15) is 0 Å². The third-order valence-corrected chi connectivity index (χ3v) is 3.91. The van der Waals surface area contributed by atoms with E-state index in [2.05, 4.69) is 15.6 Å². The Bertz CT molecular complexity index is 886. The van der Waals surface area contributed by atoms with Gasteiger partial charge in [0.25, 0.3) is 5.91 Å². The predicted molar refractivity (Wildman–Crippen MR) is 90.6 cm³/mol. The van der Waals surface area contributed by atoms with Crippen molar-refractivity contribution >= 4 is 22.7 Å². The highest BCUT2D eigenvalue weighted by Crippen LogP contribution is 2.19. The van der Waals surface area contributed by atoms with Crippen LogP contribution in [0.2, 0.25) is 0 Å². The number of aromatic nitrogens is 1. The number of carbonyl (C=O) groups is 2. The number of nitrogens with one attached hydrogen (secondary N) is 3. The number of fused-ring (bicyclic) bond motifs is 1. The maximum Gasteiger partial charge on any atom is 0.287 e. The molecule has 0 aliphatic rings. The molecule has 3 N–H and O–H groups in total. The lowest BCUT2D eigenvalue weighted by Gasteiger charge is -2.13. The Hall–Kier alpha value is -3.09. The molecule has 0 saturated heterocycles. The summed E-state index contributed by atoms with van der Waals surface area (Å²) < 4.78 is 18.2. The number of H-pyrrole nitrogens is 1. The zero-order valence-electron chi connectivity index (χ0n) is 13.6. The van der Waals surface area contributed by atoms with E-state index < -0.39 is 11.9 Å². The molecule has 0 aliphatic heterocycles. The van der Waals surface area contributed by atoms with E-state index in [1.165, 1.54) is 24.5 Å². The number of benzene rings is 1. The topological polar surface area (TPSA) is 87.1 Å². The highest BCUT2D eigenvalue weighted by Gasteiger charge is 2.17. The van der Waals surface area contributed by atoms with Crippen molar-refractivity contribution in [1.29, 1.82) is 0 Å². The van der Waals surface area contributed by atoms with Crippen LogP contribution < -0.4 is 10.6 Å². The fraction of sp³-hybridized carbons (Fsp3) is 0.222. The van der Waals surface area contributed by atoms with Crippen molar-refractivity contribution in [2.75, 3.05) is 6.54 Å². The van der Waals surface area contributed by atoms with Crippen molar-refractivity contribution in [3.63, 3.8) is 0 Å². The van der Waals surface area contributed by atoms with Gasteiger partial charge in [0.2, 0.25) is 5.91 Å². The summed E-state index contributed by atoms with van der Waals surface area (Å²) >= 11 is 0. The molecule has 0 radical (unpaired) electrons. The summed E-state index contributed by atoms with van der Waals surface area (Å²) in [6, 6.07) is 7.00. The predicted octanol–water partition coefficient (Wildman–Crippen LogP) is 2.38. The Morgan fingerprint density at radius 1 is 1.32 bits per heavy atom. The van der Waals surface area contributed by atoms with Gasteiger partial charge in [-0.05, 0) is 49.2 Å². The number of aromatic amines is 1. The van der Waals surface area contributed by atoms with E-state index in [1.54, 1.807) is 25.3 Å². The Kier molecular flexibility index (Phi) is 4.83. The molecular weight excluding hydrogens is 325 g/mol. The first-order valence-electron chi connectivity index (χ1n) is 7.92. The summed E-state index contributed by atoms with van der Waals surface area (Å²) in [5.41, 5.74) is 1.71. The first-order valence-corrected chi connectivity index (χ1v) is 7.92.